The molecule has 28 heavy (non-hydrogen) atoms. The normalized spacial score (nSPS) is 10.8. The topological polar surface area (TPSA) is 3.24 Å². The highest BCUT2D eigenvalue weighted by Crippen LogP contribution is 2.38. The number of benzene rings is 4. The van der Waals surface area contributed by atoms with Crippen LogP contribution in [0.25, 0.3) is 21.5 Å². The Labute approximate surface area is 165 Å². The molecule has 5 aromatic rings. The molecule has 0 bridgehead atoms. The lowest BCUT2D eigenvalue weighted by Crippen LogP contribution is -2.11. The molecular weight excluding hydrogens is 338 g/mol. The Balaban J connectivity index is 1.75. The molecule has 0 saturated heterocycles. The molecule has 5 rings (SSSR count). The Morgan fingerprint density at radius 2 is 1.14 bits per heavy atom. The quantitative estimate of drug-likeness (QED) is 0.326. The zero-order valence-corrected chi connectivity index (χ0v) is 15.7. The fourth-order valence-corrected chi connectivity index (χ4v) is 3.76. The molecule has 0 aliphatic heterocycles. The second kappa shape index (κ2) is 6.76. The molecule has 0 unspecified atom stereocenters. The third-order valence-corrected chi connectivity index (χ3v) is 5.19. The Kier molecular flexibility index (Phi) is 3.96. The van der Waals surface area contributed by atoms with E-state index in [0.717, 1.165) is 22.6 Å². The molecule has 0 atom stereocenters. The van der Waals surface area contributed by atoms with Crippen LogP contribution in [-0.2, 0) is 0 Å². The maximum atomic E-state index is 3.23. The minimum absolute atomic E-state index is 1.07. The van der Waals surface area contributed by atoms with Crippen LogP contribution in [0.1, 0.15) is 5.56 Å². The molecule has 1 nitrogen and oxygen atoms in total. The van der Waals surface area contributed by atoms with Gasteiger partial charge < -0.3 is 4.90 Å². The van der Waals surface area contributed by atoms with Crippen molar-refractivity contribution in [3.63, 3.8) is 0 Å². The molecule has 0 amide bonds. The van der Waals surface area contributed by atoms with E-state index < -0.39 is 0 Å². The van der Waals surface area contributed by atoms with E-state index in [9.17, 15) is 0 Å². The molecular formula is C27H19N. The molecule has 0 fully saturated rings. The van der Waals surface area contributed by atoms with Gasteiger partial charge >= 0.3 is 0 Å². The summed E-state index contributed by atoms with van der Waals surface area (Å²) in [6.45, 7) is 2.08. The Morgan fingerprint density at radius 1 is 0.607 bits per heavy atom. The summed E-state index contributed by atoms with van der Waals surface area (Å²) in [7, 11) is 0. The van der Waals surface area contributed by atoms with Gasteiger partial charge in [-0.2, -0.15) is 0 Å². The molecule has 0 saturated carbocycles. The molecule has 1 heteroatoms. The van der Waals surface area contributed by atoms with Gasteiger partial charge in [0.25, 0.3) is 0 Å². The largest absolute Gasteiger partial charge is 0.310 e. The number of hydrogen-bond donors (Lipinski definition) is 0. The summed E-state index contributed by atoms with van der Waals surface area (Å²) in [5.41, 5.74) is 4.46. The SMILES string of the molecule is Cc1c#cccc1N(c1ccc2ccccc2c1)c1ccc2ccccc2c1. The highest BCUT2D eigenvalue weighted by Gasteiger charge is 2.15. The lowest BCUT2D eigenvalue weighted by molar-refractivity contribution is 1.26. The Hall–Kier alpha value is -3.76. The zero-order chi connectivity index (χ0) is 18.9. The van der Waals surface area contributed by atoms with Gasteiger partial charge in [-0.05, 0) is 64.9 Å². The number of fused-ring (bicyclic) bond motifs is 2. The minimum Gasteiger partial charge on any atom is -0.310 e. The summed E-state index contributed by atoms with van der Waals surface area (Å²) in [6.07, 6.45) is 0. The van der Waals surface area contributed by atoms with Crippen LogP contribution in [0.5, 0.6) is 0 Å². The van der Waals surface area contributed by atoms with Crippen molar-refractivity contribution >= 4 is 38.6 Å². The van der Waals surface area contributed by atoms with Crippen molar-refractivity contribution in [2.24, 2.45) is 0 Å². The van der Waals surface area contributed by atoms with Crippen molar-refractivity contribution in [3.05, 3.63) is 115 Å². The summed E-state index contributed by atoms with van der Waals surface area (Å²) in [4.78, 5) is 2.30. The standard InChI is InChI=1S/C27H19N/c1-20-8-2-7-13-27(20)28(25-16-14-21-9-3-5-11-23(21)18-25)26-17-15-22-10-4-6-12-24(22)19-26/h3-7,9-19H,1H3. The molecule has 0 spiro atoms. The van der Waals surface area contributed by atoms with Gasteiger partial charge in [-0.15, -0.1) is 0 Å². The van der Waals surface area contributed by atoms with Crippen molar-refractivity contribution in [1.29, 1.82) is 0 Å². The predicted octanol–water partition coefficient (Wildman–Crippen LogP) is 7.37. The highest BCUT2D eigenvalue weighted by molar-refractivity contribution is 5.92. The molecule has 5 aromatic carbocycles. The maximum absolute atomic E-state index is 3.23. The maximum Gasteiger partial charge on any atom is 0.0580 e. The summed E-state index contributed by atoms with van der Waals surface area (Å²) < 4.78 is 0. The van der Waals surface area contributed by atoms with Crippen LogP contribution in [0, 0.1) is 19.1 Å². The molecule has 0 aromatic heterocycles. The second-order valence-corrected chi connectivity index (χ2v) is 7.01. The molecule has 0 radical (unpaired) electrons. The van der Waals surface area contributed by atoms with Crippen LogP contribution in [0.15, 0.2) is 97.1 Å². The number of rotatable bonds is 3. The van der Waals surface area contributed by atoms with Crippen molar-refractivity contribution in [2.45, 2.75) is 6.92 Å². The van der Waals surface area contributed by atoms with E-state index in [0.29, 0.717) is 0 Å². The zero-order valence-electron chi connectivity index (χ0n) is 15.7. The fraction of sp³-hybridized carbons (Fsp3) is 0.0370. The second-order valence-electron chi connectivity index (χ2n) is 7.01. The van der Waals surface area contributed by atoms with Gasteiger partial charge in [-0.3, -0.25) is 0 Å². The number of hydrogen-bond acceptors (Lipinski definition) is 1. The van der Waals surface area contributed by atoms with Crippen molar-refractivity contribution in [2.75, 3.05) is 4.90 Å². The minimum atomic E-state index is 1.07. The van der Waals surface area contributed by atoms with Gasteiger partial charge in [-0.1, -0.05) is 72.8 Å². The Morgan fingerprint density at radius 3 is 1.68 bits per heavy atom. The highest BCUT2D eigenvalue weighted by atomic mass is 15.1. The van der Waals surface area contributed by atoms with E-state index >= 15 is 0 Å². The summed E-state index contributed by atoms with van der Waals surface area (Å²) in [6, 6.07) is 40.5. The molecule has 0 aliphatic carbocycles. The van der Waals surface area contributed by atoms with E-state index in [1.165, 1.54) is 21.5 Å². The van der Waals surface area contributed by atoms with Crippen LogP contribution in [-0.4, -0.2) is 0 Å². The van der Waals surface area contributed by atoms with E-state index in [2.05, 4.69) is 115 Å². The van der Waals surface area contributed by atoms with E-state index in [4.69, 9.17) is 0 Å². The van der Waals surface area contributed by atoms with Crippen LogP contribution in [0.3, 0.4) is 0 Å². The Bertz CT molecular complexity index is 1210. The van der Waals surface area contributed by atoms with Crippen LogP contribution >= 0.6 is 0 Å². The summed E-state index contributed by atoms with van der Waals surface area (Å²) in [5.74, 6) is 0. The van der Waals surface area contributed by atoms with Crippen molar-refractivity contribution in [3.8, 4) is 0 Å². The van der Waals surface area contributed by atoms with Crippen LogP contribution < -0.4 is 4.90 Å². The first-order valence-electron chi connectivity index (χ1n) is 9.46. The third kappa shape index (κ3) is 2.86. The summed E-state index contributed by atoms with van der Waals surface area (Å²) in [5, 5.41) is 4.95. The van der Waals surface area contributed by atoms with Gasteiger partial charge in [0.2, 0.25) is 0 Å². The molecule has 132 valence electrons. The van der Waals surface area contributed by atoms with Gasteiger partial charge in [0.1, 0.15) is 0 Å². The van der Waals surface area contributed by atoms with Crippen LogP contribution in [0.4, 0.5) is 17.1 Å². The fourth-order valence-electron chi connectivity index (χ4n) is 3.76. The summed E-state index contributed by atoms with van der Waals surface area (Å²) >= 11 is 0. The number of anilines is 3. The van der Waals surface area contributed by atoms with E-state index in [1.54, 1.807) is 0 Å². The van der Waals surface area contributed by atoms with Gasteiger partial charge in [0, 0.05) is 16.9 Å². The molecule has 0 N–H and O–H groups in total. The first kappa shape index (κ1) is 16.4. The van der Waals surface area contributed by atoms with Gasteiger partial charge in [-0.25, -0.2) is 0 Å². The van der Waals surface area contributed by atoms with E-state index in [1.807, 2.05) is 6.07 Å². The van der Waals surface area contributed by atoms with Crippen molar-refractivity contribution in [1.82, 2.24) is 0 Å². The van der Waals surface area contributed by atoms with Gasteiger partial charge in [0.15, 0.2) is 0 Å². The lowest BCUT2D eigenvalue weighted by Gasteiger charge is -2.27. The average Bonchev–Trinajstić information content (AvgIpc) is 2.75. The van der Waals surface area contributed by atoms with Crippen LogP contribution in [0.2, 0.25) is 0 Å². The first-order valence-corrected chi connectivity index (χ1v) is 9.46. The van der Waals surface area contributed by atoms with Gasteiger partial charge in [0.05, 0.1) is 5.69 Å². The third-order valence-electron chi connectivity index (χ3n) is 5.19. The van der Waals surface area contributed by atoms with E-state index in [-0.39, 0.29) is 0 Å². The average molecular weight is 357 g/mol. The predicted molar refractivity (Wildman–Crippen MR) is 119 cm³/mol. The van der Waals surface area contributed by atoms with Crippen molar-refractivity contribution < 1.29 is 0 Å². The monoisotopic (exact) mass is 357 g/mol. The lowest BCUT2D eigenvalue weighted by atomic mass is 10.1. The first-order chi connectivity index (χ1) is 13.8. The molecule has 0 aliphatic rings. The smallest absolute Gasteiger partial charge is 0.0580 e. The number of nitrogens with zero attached hydrogens (tertiary/aromatic N) is 1. The molecule has 0 heterocycles.